The molecule has 1 saturated carbocycles. The molecule has 1 aliphatic rings. The molecule has 20 heavy (non-hydrogen) atoms. The highest BCUT2D eigenvalue weighted by Gasteiger charge is 2.32. The van der Waals surface area contributed by atoms with Crippen LogP contribution in [0.5, 0.6) is 11.8 Å². The normalized spacial score (nSPS) is 17.1. The molecule has 0 aromatic carbocycles. The van der Waals surface area contributed by atoms with Crippen molar-refractivity contribution in [2.75, 3.05) is 27.0 Å². The van der Waals surface area contributed by atoms with Gasteiger partial charge < -0.3 is 14.8 Å². The molecule has 0 spiro atoms. The molecular weight excluding hydrogens is 274 g/mol. The number of hydrogen-bond donors (Lipinski definition) is 1. The largest absolute Gasteiger partial charge is 0.481 e. The van der Waals surface area contributed by atoms with Crippen molar-refractivity contribution in [3.63, 3.8) is 0 Å². The van der Waals surface area contributed by atoms with Crippen LogP contribution < -0.4 is 14.8 Å². The number of methoxy groups -OCH3 is 2. The number of hydrogen-bond acceptors (Lipinski definition) is 6. The van der Waals surface area contributed by atoms with Crippen LogP contribution in [0, 0.1) is 0 Å². The third-order valence-corrected chi connectivity index (χ3v) is 5.37. The van der Waals surface area contributed by atoms with E-state index in [1.165, 1.54) is 32.0 Å². The smallest absolute Gasteiger partial charge is 0.224 e. The maximum Gasteiger partial charge on any atom is 0.224 e. The summed E-state index contributed by atoms with van der Waals surface area (Å²) in [6.45, 7) is 1.66. The molecule has 0 atom stereocenters. The summed E-state index contributed by atoms with van der Waals surface area (Å²) in [6.07, 6.45) is 8.93. The highest BCUT2D eigenvalue weighted by molar-refractivity contribution is 8.00. The minimum absolute atomic E-state index is 0.385. The molecule has 0 aliphatic heterocycles. The van der Waals surface area contributed by atoms with Crippen molar-refractivity contribution in [3.8, 4) is 11.8 Å². The second-order valence-corrected chi connectivity index (χ2v) is 6.34. The van der Waals surface area contributed by atoms with Crippen LogP contribution in [0.4, 0.5) is 0 Å². The molecule has 5 nitrogen and oxygen atoms in total. The van der Waals surface area contributed by atoms with Gasteiger partial charge in [0, 0.05) is 17.8 Å². The van der Waals surface area contributed by atoms with Crippen LogP contribution in [0.3, 0.4) is 0 Å². The van der Waals surface area contributed by atoms with E-state index in [0.717, 1.165) is 12.1 Å². The predicted molar refractivity (Wildman–Crippen MR) is 81.6 cm³/mol. The van der Waals surface area contributed by atoms with Crippen molar-refractivity contribution in [3.05, 3.63) is 11.9 Å². The van der Waals surface area contributed by atoms with Crippen molar-refractivity contribution in [2.24, 2.45) is 0 Å². The third-order valence-electron chi connectivity index (χ3n) is 3.95. The molecule has 0 bridgehead atoms. The molecule has 0 radical (unpaired) electrons. The fourth-order valence-corrected chi connectivity index (χ4v) is 3.72. The SMILES string of the molecule is COc1ncnc(OC)c1CNCC1(SC)CCCC1. The van der Waals surface area contributed by atoms with Crippen LogP contribution in [0.1, 0.15) is 31.2 Å². The summed E-state index contributed by atoms with van der Waals surface area (Å²) in [5.74, 6) is 1.16. The van der Waals surface area contributed by atoms with Gasteiger partial charge in [0.15, 0.2) is 0 Å². The topological polar surface area (TPSA) is 56.3 Å². The standard InChI is InChI=1S/C14H23N3O2S/c1-18-12-11(13(19-2)17-10-16-12)8-15-9-14(20-3)6-4-5-7-14/h10,15H,4-9H2,1-3H3. The maximum atomic E-state index is 5.29. The first kappa shape index (κ1) is 15.4. The van der Waals surface area contributed by atoms with Gasteiger partial charge in [-0.25, -0.2) is 9.97 Å². The molecule has 1 heterocycles. The Morgan fingerprint density at radius 2 is 1.80 bits per heavy atom. The van der Waals surface area contributed by atoms with Gasteiger partial charge in [-0.05, 0) is 19.1 Å². The Morgan fingerprint density at radius 1 is 1.20 bits per heavy atom. The zero-order valence-corrected chi connectivity index (χ0v) is 13.3. The lowest BCUT2D eigenvalue weighted by molar-refractivity contribution is 0.358. The second-order valence-electron chi connectivity index (χ2n) is 5.07. The molecule has 6 heteroatoms. The van der Waals surface area contributed by atoms with E-state index in [9.17, 15) is 0 Å². The monoisotopic (exact) mass is 297 g/mol. The average Bonchev–Trinajstić information content (AvgIpc) is 2.96. The molecule has 1 aliphatic carbocycles. The van der Waals surface area contributed by atoms with Crippen molar-refractivity contribution >= 4 is 11.8 Å². The lowest BCUT2D eigenvalue weighted by Gasteiger charge is -2.27. The van der Waals surface area contributed by atoms with Gasteiger partial charge in [-0.15, -0.1) is 0 Å². The highest BCUT2D eigenvalue weighted by atomic mass is 32.2. The van der Waals surface area contributed by atoms with Crippen molar-refractivity contribution in [2.45, 2.75) is 37.0 Å². The van der Waals surface area contributed by atoms with Gasteiger partial charge in [-0.2, -0.15) is 11.8 Å². The number of ether oxygens (including phenoxy) is 2. The zero-order chi connectivity index (χ0) is 14.4. The molecular formula is C14H23N3O2S. The summed E-state index contributed by atoms with van der Waals surface area (Å²) in [6, 6.07) is 0. The van der Waals surface area contributed by atoms with Gasteiger partial charge in [-0.3, -0.25) is 0 Å². The van der Waals surface area contributed by atoms with Gasteiger partial charge in [-0.1, -0.05) is 12.8 Å². The summed E-state index contributed by atoms with van der Waals surface area (Å²) < 4.78 is 11.0. The Bertz CT molecular complexity index is 414. The van der Waals surface area contributed by atoms with E-state index in [4.69, 9.17) is 9.47 Å². The van der Waals surface area contributed by atoms with E-state index in [-0.39, 0.29) is 0 Å². The predicted octanol–water partition coefficient (Wildman–Crippen LogP) is 2.26. The second kappa shape index (κ2) is 7.13. The third kappa shape index (κ3) is 3.35. The summed E-state index contributed by atoms with van der Waals surface area (Å²) in [7, 11) is 3.23. The Morgan fingerprint density at radius 3 is 2.30 bits per heavy atom. The summed E-state index contributed by atoms with van der Waals surface area (Å²) in [5, 5.41) is 3.52. The Hall–Kier alpha value is -1.01. The number of thioether (sulfide) groups is 1. The van der Waals surface area contributed by atoms with Crippen LogP contribution in [0.25, 0.3) is 0 Å². The van der Waals surface area contributed by atoms with Gasteiger partial charge in [0.05, 0.1) is 19.8 Å². The van der Waals surface area contributed by atoms with E-state index in [2.05, 4.69) is 21.5 Å². The van der Waals surface area contributed by atoms with E-state index in [0.29, 0.717) is 23.1 Å². The minimum Gasteiger partial charge on any atom is -0.481 e. The molecule has 1 N–H and O–H groups in total. The van der Waals surface area contributed by atoms with Gasteiger partial charge >= 0.3 is 0 Å². The molecule has 1 aromatic rings. The van der Waals surface area contributed by atoms with E-state index in [1.807, 2.05) is 11.8 Å². The Balaban J connectivity index is 2.00. The van der Waals surface area contributed by atoms with Gasteiger partial charge in [0.2, 0.25) is 11.8 Å². The molecule has 1 aromatic heterocycles. The number of nitrogens with one attached hydrogen (secondary N) is 1. The fraction of sp³-hybridized carbons (Fsp3) is 0.714. The highest BCUT2D eigenvalue weighted by Crippen LogP contribution is 2.39. The molecule has 0 amide bonds. The molecule has 0 unspecified atom stereocenters. The van der Waals surface area contributed by atoms with Crippen molar-refractivity contribution in [1.82, 2.24) is 15.3 Å². The minimum atomic E-state index is 0.385. The van der Waals surface area contributed by atoms with Crippen LogP contribution in [0.15, 0.2) is 6.33 Å². The summed E-state index contributed by atoms with van der Waals surface area (Å²) >= 11 is 1.98. The van der Waals surface area contributed by atoms with E-state index >= 15 is 0 Å². The van der Waals surface area contributed by atoms with Crippen LogP contribution in [-0.2, 0) is 6.54 Å². The van der Waals surface area contributed by atoms with Gasteiger partial charge in [0.25, 0.3) is 0 Å². The molecule has 0 saturated heterocycles. The number of aromatic nitrogens is 2. The lowest BCUT2D eigenvalue weighted by atomic mass is 10.1. The fourth-order valence-electron chi connectivity index (χ4n) is 2.77. The molecule has 2 rings (SSSR count). The summed E-state index contributed by atoms with van der Waals surface area (Å²) in [4.78, 5) is 8.27. The first-order valence-corrected chi connectivity index (χ1v) is 8.15. The maximum absolute atomic E-state index is 5.29. The number of rotatable bonds is 7. The Labute approximate surface area is 124 Å². The molecule has 1 fully saturated rings. The zero-order valence-electron chi connectivity index (χ0n) is 12.4. The first-order valence-electron chi connectivity index (χ1n) is 6.92. The van der Waals surface area contributed by atoms with Crippen LogP contribution in [-0.4, -0.2) is 41.7 Å². The van der Waals surface area contributed by atoms with Crippen LogP contribution in [0.2, 0.25) is 0 Å². The quantitative estimate of drug-likeness (QED) is 0.833. The first-order chi connectivity index (χ1) is 9.74. The van der Waals surface area contributed by atoms with Crippen molar-refractivity contribution < 1.29 is 9.47 Å². The van der Waals surface area contributed by atoms with E-state index in [1.54, 1.807) is 14.2 Å². The average molecular weight is 297 g/mol. The Kier molecular flexibility index (Phi) is 5.48. The lowest BCUT2D eigenvalue weighted by Crippen LogP contribution is -2.35. The van der Waals surface area contributed by atoms with Crippen LogP contribution >= 0.6 is 11.8 Å². The van der Waals surface area contributed by atoms with Crippen molar-refractivity contribution in [1.29, 1.82) is 0 Å². The summed E-state index contributed by atoms with van der Waals surface area (Å²) in [5.41, 5.74) is 0.881. The number of nitrogens with zero attached hydrogens (tertiary/aromatic N) is 2. The van der Waals surface area contributed by atoms with Gasteiger partial charge in [0.1, 0.15) is 6.33 Å². The molecule has 112 valence electrons. The van der Waals surface area contributed by atoms with E-state index < -0.39 is 0 Å².